The van der Waals surface area contributed by atoms with Crippen molar-refractivity contribution in [2.24, 2.45) is 0 Å². The maximum absolute atomic E-state index is 11.9. The molecule has 0 spiro atoms. The van der Waals surface area contributed by atoms with Crippen LogP contribution in [0.3, 0.4) is 0 Å². The summed E-state index contributed by atoms with van der Waals surface area (Å²) in [5.74, 6) is -1.69. The van der Waals surface area contributed by atoms with Gasteiger partial charge in [0.05, 0.1) is 0 Å². The smallest absolute Gasteiger partial charge is 0.323 e. The van der Waals surface area contributed by atoms with Crippen LogP contribution in [-0.2, 0) is 9.59 Å². The minimum absolute atomic E-state index is 0.0414. The van der Waals surface area contributed by atoms with Crippen LogP contribution in [0.5, 0.6) is 0 Å². The average Bonchev–Trinajstić information content (AvgIpc) is 2.47. The number of hydrogen-bond donors (Lipinski definition) is 2. The van der Waals surface area contributed by atoms with E-state index in [4.69, 9.17) is 5.11 Å². The van der Waals surface area contributed by atoms with Gasteiger partial charge in [0.25, 0.3) is 5.91 Å². The van der Waals surface area contributed by atoms with Gasteiger partial charge in [0.15, 0.2) is 0 Å². The number of amides is 2. The lowest BCUT2D eigenvalue weighted by molar-refractivity contribution is -0.144. The third-order valence-electron chi connectivity index (χ3n) is 2.69. The highest BCUT2D eigenvalue weighted by molar-refractivity contribution is 5.94. The average molecular weight is 290 g/mol. The van der Waals surface area contributed by atoms with Crippen molar-refractivity contribution >= 4 is 17.8 Å². The Bertz CT molecular complexity index is 514. The molecule has 6 heteroatoms. The summed E-state index contributed by atoms with van der Waals surface area (Å²) in [5, 5.41) is 11.3. The zero-order valence-corrected chi connectivity index (χ0v) is 11.6. The first-order valence-electron chi connectivity index (χ1n) is 6.48. The van der Waals surface area contributed by atoms with E-state index in [-0.39, 0.29) is 37.9 Å². The molecule has 0 unspecified atom stereocenters. The van der Waals surface area contributed by atoms with Crippen LogP contribution in [-0.4, -0.2) is 47.4 Å². The molecule has 0 aliphatic heterocycles. The van der Waals surface area contributed by atoms with E-state index in [1.54, 1.807) is 30.3 Å². The van der Waals surface area contributed by atoms with Crippen LogP contribution in [0.1, 0.15) is 16.8 Å². The van der Waals surface area contributed by atoms with E-state index in [0.717, 1.165) is 0 Å². The summed E-state index contributed by atoms with van der Waals surface area (Å²) >= 11 is 0. The molecular weight excluding hydrogens is 272 g/mol. The molecule has 0 saturated heterocycles. The standard InChI is InChI=1S/C15H18N2O4/c1-2-10-17(11-14(19)20)13(18)8-9-16-15(21)12-6-4-3-5-7-12/h2-7H,1,8-11H2,(H,16,21)(H,19,20). The number of hydrogen-bond acceptors (Lipinski definition) is 3. The maximum atomic E-state index is 11.9. The number of carboxylic acid groups (broad SMARTS) is 1. The van der Waals surface area contributed by atoms with Crippen LogP contribution in [0.2, 0.25) is 0 Å². The molecule has 2 N–H and O–H groups in total. The zero-order chi connectivity index (χ0) is 15.7. The Labute approximate surface area is 123 Å². The molecule has 6 nitrogen and oxygen atoms in total. The van der Waals surface area contributed by atoms with Gasteiger partial charge >= 0.3 is 5.97 Å². The zero-order valence-electron chi connectivity index (χ0n) is 11.6. The first kappa shape index (κ1) is 16.4. The SMILES string of the molecule is C=CCN(CC(=O)O)C(=O)CCNC(=O)c1ccccc1. The number of nitrogens with zero attached hydrogens (tertiary/aromatic N) is 1. The molecule has 0 aliphatic rings. The Kier molecular flexibility index (Phi) is 6.67. The van der Waals surface area contributed by atoms with Crippen LogP contribution in [0.25, 0.3) is 0 Å². The van der Waals surface area contributed by atoms with Crippen molar-refractivity contribution in [3.8, 4) is 0 Å². The molecule has 0 bridgehead atoms. The molecule has 1 rings (SSSR count). The van der Waals surface area contributed by atoms with E-state index in [0.29, 0.717) is 5.56 Å². The maximum Gasteiger partial charge on any atom is 0.323 e. The Morgan fingerprint density at radius 1 is 1.24 bits per heavy atom. The van der Waals surface area contributed by atoms with E-state index >= 15 is 0 Å². The van der Waals surface area contributed by atoms with Gasteiger partial charge in [-0.3, -0.25) is 14.4 Å². The van der Waals surface area contributed by atoms with E-state index < -0.39 is 5.97 Å². The quantitative estimate of drug-likeness (QED) is 0.697. The molecule has 0 aliphatic carbocycles. The van der Waals surface area contributed by atoms with Crippen molar-refractivity contribution in [3.05, 3.63) is 48.6 Å². The van der Waals surface area contributed by atoms with Crippen molar-refractivity contribution < 1.29 is 19.5 Å². The second-order valence-electron chi connectivity index (χ2n) is 4.33. The largest absolute Gasteiger partial charge is 0.480 e. The lowest BCUT2D eigenvalue weighted by atomic mass is 10.2. The van der Waals surface area contributed by atoms with Gasteiger partial charge < -0.3 is 15.3 Å². The highest BCUT2D eigenvalue weighted by Crippen LogP contribution is 1.99. The highest BCUT2D eigenvalue weighted by atomic mass is 16.4. The molecule has 0 heterocycles. The lowest BCUT2D eigenvalue weighted by Gasteiger charge is -2.18. The van der Waals surface area contributed by atoms with Crippen molar-refractivity contribution in [1.82, 2.24) is 10.2 Å². The minimum Gasteiger partial charge on any atom is -0.480 e. The molecule has 1 aromatic rings. The number of nitrogens with one attached hydrogen (secondary N) is 1. The van der Waals surface area contributed by atoms with Gasteiger partial charge in [-0.25, -0.2) is 0 Å². The Morgan fingerprint density at radius 3 is 2.48 bits per heavy atom. The van der Waals surface area contributed by atoms with E-state index in [2.05, 4.69) is 11.9 Å². The van der Waals surface area contributed by atoms with Crippen molar-refractivity contribution in [1.29, 1.82) is 0 Å². The van der Waals surface area contributed by atoms with Crippen LogP contribution in [0, 0.1) is 0 Å². The fraction of sp³-hybridized carbons (Fsp3) is 0.267. The highest BCUT2D eigenvalue weighted by Gasteiger charge is 2.15. The summed E-state index contributed by atoms with van der Waals surface area (Å²) < 4.78 is 0. The summed E-state index contributed by atoms with van der Waals surface area (Å²) in [6.07, 6.45) is 1.50. The van der Waals surface area contributed by atoms with Crippen LogP contribution in [0.15, 0.2) is 43.0 Å². The summed E-state index contributed by atoms with van der Waals surface area (Å²) in [7, 11) is 0. The number of aliphatic carboxylic acids is 1. The van der Waals surface area contributed by atoms with Gasteiger partial charge in [-0.05, 0) is 12.1 Å². The van der Waals surface area contributed by atoms with Gasteiger partial charge in [-0.2, -0.15) is 0 Å². The van der Waals surface area contributed by atoms with Crippen molar-refractivity contribution in [2.75, 3.05) is 19.6 Å². The summed E-state index contributed by atoms with van der Waals surface area (Å²) in [5.41, 5.74) is 0.512. The van der Waals surface area contributed by atoms with E-state index in [1.165, 1.54) is 11.0 Å². The normalized spacial score (nSPS) is 9.71. The Hall–Kier alpha value is -2.63. The van der Waals surface area contributed by atoms with Gasteiger partial charge in [-0.1, -0.05) is 24.3 Å². The third-order valence-corrected chi connectivity index (χ3v) is 2.69. The number of carbonyl (C=O) groups excluding carboxylic acids is 2. The van der Waals surface area contributed by atoms with E-state index in [9.17, 15) is 14.4 Å². The molecule has 0 aromatic heterocycles. The minimum atomic E-state index is -1.08. The van der Waals surface area contributed by atoms with E-state index in [1.807, 2.05) is 0 Å². The summed E-state index contributed by atoms with van der Waals surface area (Å²) in [6, 6.07) is 8.65. The van der Waals surface area contributed by atoms with Crippen LogP contribution < -0.4 is 5.32 Å². The molecule has 0 atom stereocenters. The van der Waals surface area contributed by atoms with Gasteiger partial charge in [0.2, 0.25) is 5.91 Å². The second kappa shape index (κ2) is 8.52. The number of carbonyl (C=O) groups is 3. The Balaban J connectivity index is 2.43. The fourth-order valence-corrected chi connectivity index (χ4v) is 1.71. The number of carboxylic acids is 1. The van der Waals surface area contributed by atoms with Crippen molar-refractivity contribution in [2.45, 2.75) is 6.42 Å². The molecule has 112 valence electrons. The first-order valence-corrected chi connectivity index (χ1v) is 6.48. The summed E-state index contributed by atoms with van der Waals surface area (Å²) in [6.45, 7) is 3.42. The third kappa shape index (κ3) is 5.90. The van der Waals surface area contributed by atoms with Gasteiger partial charge in [0, 0.05) is 25.1 Å². The molecular formula is C15H18N2O4. The predicted octanol–water partition coefficient (Wildman–Crippen LogP) is 0.906. The monoisotopic (exact) mass is 290 g/mol. The molecule has 2 amide bonds. The lowest BCUT2D eigenvalue weighted by Crippen LogP contribution is -2.38. The van der Waals surface area contributed by atoms with Crippen molar-refractivity contribution in [3.63, 3.8) is 0 Å². The molecule has 1 aromatic carbocycles. The topological polar surface area (TPSA) is 86.7 Å². The molecule has 21 heavy (non-hydrogen) atoms. The first-order chi connectivity index (χ1) is 10.0. The predicted molar refractivity (Wildman–Crippen MR) is 77.8 cm³/mol. The molecule has 0 radical (unpaired) electrons. The number of benzene rings is 1. The fourth-order valence-electron chi connectivity index (χ4n) is 1.71. The van der Waals surface area contributed by atoms with Gasteiger partial charge in [0.1, 0.15) is 6.54 Å². The summed E-state index contributed by atoms with van der Waals surface area (Å²) in [4.78, 5) is 35.4. The molecule has 0 fully saturated rings. The van der Waals surface area contributed by atoms with Crippen LogP contribution in [0.4, 0.5) is 0 Å². The van der Waals surface area contributed by atoms with Gasteiger partial charge in [-0.15, -0.1) is 6.58 Å². The number of rotatable bonds is 8. The molecule has 0 saturated carbocycles. The van der Waals surface area contributed by atoms with Crippen LogP contribution >= 0.6 is 0 Å². The second-order valence-corrected chi connectivity index (χ2v) is 4.33. The Morgan fingerprint density at radius 2 is 1.90 bits per heavy atom.